The molecule has 0 bridgehead atoms. The number of anilines is 1. The number of nitrogens with one attached hydrogen (secondary N) is 1. The van der Waals surface area contributed by atoms with Gasteiger partial charge >= 0.3 is 0 Å². The molecule has 1 N–H and O–H groups in total. The van der Waals surface area contributed by atoms with Crippen molar-refractivity contribution < 1.29 is 14.4 Å². The van der Waals surface area contributed by atoms with Crippen molar-refractivity contribution in [2.45, 2.75) is 20.1 Å². The highest BCUT2D eigenvalue weighted by atomic mass is 35.5. The lowest BCUT2D eigenvalue weighted by Crippen LogP contribution is -2.04. The Morgan fingerprint density at radius 1 is 0.967 bits per heavy atom. The highest BCUT2D eigenvalue weighted by molar-refractivity contribution is 6.33. The van der Waals surface area contributed by atoms with Gasteiger partial charge in [0, 0.05) is 18.7 Å². The lowest BCUT2D eigenvalue weighted by atomic mass is 10.2. The van der Waals surface area contributed by atoms with E-state index in [1.807, 2.05) is 37.3 Å². The van der Waals surface area contributed by atoms with Crippen molar-refractivity contribution in [3.05, 3.63) is 92.0 Å². The summed E-state index contributed by atoms with van der Waals surface area (Å²) >= 11 is 12.7. The quantitative estimate of drug-likeness (QED) is 0.300. The van der Waals surface area contributed by atoms with Crippen LogP contribution >= 0.6 is 23.2 Å². The van der Waals surface area contributed by atoms with E-state index in [9.17, 15) is 10.1 Å². The van der Waals surface area contributed by atoms with Crippen molar-refractivity contribution in [1.82, 2.24) is 0 Å². The van der Waals surface area contributed by atoms with Gasteiger partial charge in [-0.25, -0.2) is 0 Å². The number of rotatable bonds is 9. The predicted octanol–water partition coefficient (Wildman–Crippen LogP) is 6.49. The molecule has 3 rings (SSSR count). The minimum absolute atomic E-state index is 0.0298. The Morgan fingerprint density at radius 3 is 2.37 bits per heavy atom. The molecule has 0 atom stereocenters. The van der Waals surface area contributed by atoms with Crippen molar-refractivity contribution in [3.63, 3.8) is 0 Å². The number of nitrogens with zero attached hydrogens (tertiary/aromatic N) is 1. The van der Waals surface area contributed by atoms with Gasteiger partial charge in [0.2, 0.25) is 0 Å². The molecular weight excluding hydrogens is 427 g/mol. The van der Waals surface area contributed by atoms with Crippen LogP contribution in [0, 0.1) is 10.1 Å². The van der Waals surface area contributed by atoms with Crippen LogP contribution < -0.4 is 14.8 Å². The summed E-state index contributed by atoms with van der Waals surface area (Å²) in [4.78, 5) is 10.3. The van der Waals surface area contributed by atoms with Gasteiger partial charge in [0.1, 0.15) is 6.61 Å². The van der Waals surface area contributed by atoms with E-state index in [1.54, 1.807) is 18.2 Å². The zero-order chi connectivity index (χ0) is 21.5. The van der Waals surface area contributed by atoms with E-state index in [0.29, 0.717) is 34.7 Å². The van der Waals surface area contributed by atoms with Crippen LogP contribution in [-0.2, 0) is 13.2 Å². The number of nitro groups is 1. The third-order valence-electron chi connectivity index (χ3n) is 4.26. The van der Waals surface area contributed by atoms with Gasteiger partial charge in [-0.15, -0.1) is 0 Å². The topological polar surface area (TPSA) is 73.6 Å². The number of halogens is 2. The van der Waals surface area contributed by atoms with Gasteiger partial charge in [0.25, 0.3) is 5.69 Å². The molecule has 0 heterocycles. The molecular formula is C22H20Cl2N2O4. The zero-order valence-corrected chi connectivity index (χ0v) is 17.7. The first-order valence-electron chi connectivity index (χ1n) is 9.27. The fourth-order valence-electron chi connectivity index (χ4n) is 2.80. The standard InChI is InChI=1S/C22H20Cl2N2O4/c1-2-29-21-12-16(13-25-20-6-4-3-5-18(20)23)11-19(24)22(21)30-14-15-7-9-17(10-8-15)26(27)28/h3-12,25H,2,13-14H2,1H3. The molecule has 3 aromatic carbocycles. The maximum Gasteiger partial charge on any atom is 0.269 e. The Labute approximate surface area is 184 Å². The summed E-state index contributed by atoms with van der Waals surface area (Å²) in [6.45, 7) is 3.04. The average Bonchev–Trinajstić information content (AvgIpc) is 2.73. The Kier molecular flexibility index (Phi) is 7.38. The number of hydrogen-bond acceptors (Lipinski definition) is 5. The summed E-state index contributed by atoms with van der Waals surface area (Å²) in [6.07, 6.45) is 0. The summed E-state index contributed by atoms with van der Waals surface area (Å²) in [5, 5.41) is 15.1. The van der Waals surface area contributed by atoms with Gasteiger partial charge in [0.05, 0.1) is 27.3 Å². The van der Waals surface area contributed by atoms with Gasteiger partial charge in [-0.1, -0.05) is 35.3 Å². The first-order chi connectivity index (χ1) is 14.5. The summed E-state index contributed by atoms with van der Waals surface area (Å²) in [6, 6.07) is 17.3. The number of non-ortho nitro benzene ring substituents is 1. The molecule has 0 aromatic heterocycles. The lowest BCUT2D eigenvalue weighted by molar-refractivity contribution is -0.384. The van der Waals surface area contributed by atoms with Crippen molar-refractivity contribution in [3.8, 4) is 11.5 Å². The smallest absolute Gasteiger partial charge is 0.269 e. The Balaban J connectivity index is 1.74. The van der Waals surface area contributed by atoms with Crippen molar-refractivity contribution in [2.24, 2.45) is 0 Å². The van der Waals surface area contributed by atoms with E-state index in [0.717, 1.165) is 16.8 Å². The highest BCUT2D eigenvalue weighted by Gasteiger charge is 2.14. The molecule has 0 amide bonds. The number of benzene rings is 3. The van der Waals surface area contributed by atoms with Crippen LogP contribution in [0.2, 0.25) is 10.0 Å². The lowest BCUT2D eigenvalue weighted by Gasteiger charge is -2.16. The molecule has 8 heteroatoms. The van der Waals surface area contributed by atoms with Gasteiger partial charge in [0.15, 0.2) is 11.5 Å². The van der Waals surface area contributed by atoms with Gasteiger partial charge in [-0.3, -0.25) is 10.1 Å². The summed E-state index contributed by atoms with van der Waals surface area (Å²) in [7, 11) is 0. The van der Waals surface area contributed by atoms with Crippen LogP contribution in [0.1, 0.15) is 18.1 Å². The third-order valence-corrected chi connectivity index (χ3v) is 4.87. The molecule has 0 saturated carbocycles. The maximum atomic E-state index is 10.8. The van der Waals surface area contributed by atoms with E-state index in [4.69, 9.17) is 32.7 Å². The Morgan fingerprint density at radius 2 is 1.70 bits per heavy atom. The van der Waals surface area contributed by atoms with Crippen LogP contribution in [0.25, 0.3) is 0 Å². The van der Waals surface area contributed by atoms with E-state index >= 15 is 0 Å². The van der Waals surface area contributed by atoms with Gasteiger partial charge in [-0.2, -0.15) is 0 Å². The summed E-state index contributed by atoms with van der Waals surface area (Å²) < 4.78 is 11.6. The maximum absolute atomic E-state index is 10.8. The SMILES string of the molecule is CCOc1cc(CNc2ccccc2Cl)cc(Cl)c1OCc1ccc([N+](=O)[O-])cc1. The van der Waals surface area contributed by atoms with Crippen LogP contribution in [0.3, 0.4) is 0 Å². The Bertz CT molecular complexity index is 1030. The van der Waals surface area contributed by atoms with E-state index in [-0.39, 0.29) is 12.3 Å². The first-order valence-corrected chi connectivity index (χ1v) is 10.0. The second kappa shape index (κ2) is 10.2. The summed E-state index contributed by atoms with van der Waals surface area (Å²) in [5.41, 5.74) is 2.54. The first kappa shape index (κ1) is 21.7. The van der Waals surface area contributed by atoms with E-state index in [1.165, 1.54) is 12.1 Å². The van der Waals surface area contributed by atoms with Crippen LogP contribution in [0.4, 0.5) is 11.4 Å². The van der Waals surface area contributed by atoms with E-state index < -0.39 is 4.92 Å². The molecule has 3 aromatic rings. The third kappa shape index (κ3) is 5.55. The predicted molar refractivity (Wildman–Crippen MR) is 119 cm³/mol. The molecule has 0 saturated heterocycles. The molecule has 30 heavy (non-hydrogen) atoms. The van der Waals surface area contributed by atoms with Crippen molar-refractivity contribution in [2.75, 3.05) is 11.9 Å². The normalized spacial score (nSPS) is 10.5. The second-order valence-electron chi connectivity index (χ2n) is 6.38. The van der Waals surface area contributed by atoms with Gasteiger partial charge < -0.3 is 14.8 Å². The van der Waals surface area contributed by atoms with Crippen LogP contribution in [0.5, 0.6) is 11.5 Å². The largest absolute Gasteiger partial charge is 0.490 e. The molecule has 0 radical (unpaired) electrons. The number of para-hydroxylation sites is 1. The van der Waals surface area contributed by atoms with Crippen LogP contribution in [-0.4, -0.2) is 11.5 Å². The van der Waals surface area contributed by atoms with Crippen molar-refractivity contribution >= 4 is 34.6 Å². The van der Waals surface area contributed by atoms with Gasteiger partial charge in [-0.05, 0) is 54.4 Å². The second-order valence-corrected chi connectivity index (χ2v) is 7.20. The molecule has 156 valence electrons. The molecule has 0 fully saturated rings. The Hall–Kier alpha value is -2.96. The number of ether oxygens (including phenoxy) is 2. The highest BCUT2D eigenvalue weighted by Crippen LogP contribution is 2.37. The molecule has 0 aliphatic carbocycles. The molecule has 0 spiro atoms. The molecule has 0 aliphatic rings. The minimum atomic E-state index is -0.440. The van der Waals surface area contributed by atoms with E-state index in [2.05, 4.69) is 5.32 Å². The zero-order valence-electron chi connectivity index (χ0n) is 16.2. The van der Waals surface area contributed by atoms with Crippen molar-refractivity contribution in [1.29, 1.82) is 0 Å². The monoisotopic (exact) mass is 446 g/mol. The fraction of sp³-hybridized carbons (Fsp3) is 0.182. The number of hydrogen-bond donors (Lipinski definition) is 1. The summed E-state index contributed by atoms with van der Waals surface area (Å²) in [5.74, 6) is 0.959. The minimum Gasteiger partial charge on any atom is -0.490 e. The average molecular weight is 447 g/mol. The molecule has 0 unspecified atom stereocenters. The molecule has 6 nitrogen and oxygen atoms in total. The van der Waals surface area contributed by atoms with Crippen LogP contribution in [0.15, 0.2) is 60.7 Å². The molecule has 0 aliphatic heterocycles. The fourth-order valence-corrected chi connectivity index (χ4v) is 3.29. The number of nitro benzene ring substituents is 1.